The minimum absolute atomic E-state index is 0.762. The Morgan fingerprint density at radius 1 is 1.47 bits per heavy atom. The average molecular weight is 326 g/mol. The first-order chi connectivity index (χ1) is 9.16. The summed E-state index contributed by atoms with van der Waals surface area (Å²) in [4.78, 5) is 7.02. The van der Waals surface area contributed by atoms with E-state index in [1.165, 1.54) is 44.3 Å². The minimum atomic E-state index is 0.762. The van der Waals surface area contributed by atoms with Gasteiger partial charge in [-0.3, -0.25) is 0 Å². The average Bonchev–Trinajstić information content (AvgIpc) is 2.38. The van der Waals surface area contributed by atoms with Crippen LogP contribution in [0.1, 0.15) is 38.2 Å². The van der Waals surface area contributed by atoms with Crippen molar-refractivity contribution in [3.8, 4) is 0 Å². The van der Waals surface area contributed by atoms with Crippen molar-refractivity contribution in [2.75, 3.05) is 25.0 Å². The maximum atomic E-state index is 4.41. The molecule has 1 unspecified atom stereocenters. The lowest BCUT2D eigenvalue weighted by molar-refractivity contribution is 0.160. The maximum absolute atomic E-state index is 4.41. The monoisotopic (exact) mass is 325 g/mol. The molecular formula is C15H24BrN3. The van der Waals surface area contributed by atoms with Gasteiger partial charge < -0.3 is 10.2 Å². The van der Waals surface area contributed by atoms with Crippen LogP contribution in [0.15, 0.2) is 16.7 Å². The number of pyridine rings is 1. The van der Waals surface area contributed by atoms with Crippen LogP contribution < -0.4 is 5.32 Å². The molecule has 19 heavy (non-hydrogen) atoms. The number of likely N-dealkylation sites (tertiary alicyclic amines) is 1. The number of hydrogen-bond acceptors (Lipinski definition) is 3. The molecule has 1 aliphatic rings. The lowest BCUT2D eigenvalue weighted by Gasteiger charge is -2.33. The van der Waals surface area contributed by atoms with Crippen LogP contribution in [0.3, 0.4) is 0 Å². The van der Waals surface area contributed by atoms with Crippen LogP contribution in [-0.2, 0) is 0 Å². The summed E-state index contributed by atoms with van der Waals surface area (Å²) >= 11 is 3.55. The summed E-state index contributed by atoms with van der Waals surface area (Å²) in [6.07, 6.45) is 7.20. The van der Waals surface area contributed by atoms with E-state index < -0.39 is 0 Å². The standard InChI is InChI=1S/C15H24BrN3/c1-12-10-14(16)15(18-11-12)17-7-5-9-19-8-4-3-6-13(19)2/h10-11,13H,3-9H2,1-2H3,(H,17,18). The summed E-state index contributed by atoms with van der Waals surface area (Å²) in [5, 5.41) is 3.41. The molecular weight excluding hydrogens is 302 g/mol. The van der Waals surface area contributed by atoms with E-state index in [4.69, 9.17) is 0 Å². The topological polar surface area (TPSA) is 28.2 Å². The van der Waals surface area contributed by atoms with Gasteiger partial charge in [0.05, 0.1) is 4.47 Å². The molecule has 0 bridgehead atoms. The van der Waals surface area contributed by atoms with E-state index in [2.05, 4.69) is 51.0 Å². The van der Waals surface area contributed by atoms with E-state index in [-0.39, 0.29) is 0 Å². The third kappa shape index (κ3) is 4.46. The zero-order valence-corrected chi connectivity index (χ0v) is 13.5. The molecule has 4 heteroatoms. The zero-order valence-electron chi connectivity index (χ0n) is 12.0. The summed E-state index contributed by atoms with van der Waals surface area (Å²) in [7, 11) is 0. The zero-order chi connectivity index (χ0) is 13.7. The van der Waals surface area contributed by atoms with Gasteiger partial charge >= 0.3 is 0 Å². The fraction of sp³-hybridized carbons (Fsp3) is 0.667. The van der Waals surface area contributed by atoms with Gasteiger partial charge in [-0.15, -0.1) is 0 Å². The highest BCUT2D eigenvalue weighted by Crippen LogP contribution is 2.20. The van der Waals surface area contributed by atoms with Crippen molar-refractivity contribution in [3.63, 3.8) is 0 Å². The number of rotatable bonds is 5. The molecule has 3 nitrogen and oxygen atoms in total. The van der Waals surface area contributed by atoms with Crippen molar-refractivity contribution < 1.29 is 0 Å². The number of hydrogen-bond donors (Lipinski definition) is 1. The Bertz CT molecular complexity index is 408. The molecule has 0 amide bonds. The van der Waals surface area contributed by atoms with Gasteiger partial charge in [-0.2, -0.15) is 0 Å². The van der Waals surface area contributed by atoms with E-state index in [0.717, 1.165) is 22.9 Å². The minimum Gasteiger partial charge on any atom is -0.369 e. The first-order valence-corrected chi connectivity index (χ1v) is 8.06. The molecule has 0 spiro atoms. The van der Waals surface area contributed by atoms with Crippen LogP contribution in [0.4, 0.5) is 5.82 Å². The second kappa shape index (κ2) is 7.25. The number of nitrogens with one attached hydrogen (secondary N) is 1. The van der Waals surface area contributed by atoms with E-state index in [0.29, 0.717) is 0 Å². The fourth-order valence-corrected chi connectivity index (χ4v) is 3.25. The van der Waals surface area contributed by atoms with Crippen molar-refractivity contribution >= 4 is 21.7 Å². The van der Waals surface area contributed by atoms with Crippen LogP contribution in [0.5, 0.6) is 0 Å². The molecule has 0 saturated carbocycles. The summed E-state index contributed by atoms with van der Waals surface area (Å²) < 4.78 is 1.05. The van der Waals surface area contributed by atoms with Gasteiger partial charge in [-0.25, -0.2) is 4.98 Å². The molecule has 1 atom stereocenters. The Labute approximate surface area is 124 Å². The SMILES string of the molecule is Cc1cnc(NCCCN2CCCCC2C)c(Br)c1. The van der Waals surface area contributed by atoms with Gasteiger partial charge in [0.15, 0.2) is 0 Å². The number of nitrogens with zero attached hydrogens (tertiary/aromatic N) is 2. The van der Waals surface area contributed by atoms with Gasteiger partial charge in [0.1, 0.15) is 5.82 Å². The summed E-state index contributed by atoms with van der Waals surface area (Å²) in [5.74, 6) is 0.956. The van der Waals surface area contributed by atoms with E-state index in [1.807, 2.05) is 6.20 Å². The molecule has 0 aromatic carbocycles. The third-order valence-electron chi connectivity index (χ3n) is 3.83. The Morgan fingerprint density at radius 3 is 3.05 bits per heavy atom. The molecule has 1 aliphatic heterocycles. The largest absolute Gasteiger partial charge is 0.369 e. The highest BCUT2D eigenvalue weighted by Gasteiger charge is 2.17. The molecule has 0 radical (unpaired) electrons. The predicted octanol–water partition coefficient (Wildman–Crippen LogP) is 3.83. The van der Waals surface area contributed by atoms with E-state index >= 15 is 0 Å². The Kier molecular flexibility index (Phi) is 5.64. The van der Waals surface area contributed by atoms with E-state index in [1.54, 1.807) is 0 Å². The van der Waals surface area contributed by atoms with Gasteiger partial charge in [-0.05, 0) is 67.2 Å². The first-order valence-electron chi connectivity index (χ1n) is 7.27. The second-order valence-corrected chi connectivity index (χ2v) is 6.36. The molecule has 1 aromatic heterocycles. The summed E-state index contributed by atoms with van der Waals surface area (Å²) in [6, 6.07) is 2.86. The molecule has 0 aliphatic carbocycles. The number of anilines is 1. The molecule has 1 aromatic rings. The number of halogens is 1. The van der Waals surface area contributed by atoms with E-state index in [9.17, 15) is 0 Å². The maximum Gasteiger partial charge on any atom is 0.140 e. The molecule has 1 saturated heterocycles. The molecule has 1 N–H and O–H groups in total. The lowest BCUT2D eigenvalue weighted by Crippen LogP contribution is -2.38. The van der Waals surface area contributed by atoms with Gasteiger partial charge in [0, 0.05) is 25.3 Å². The summed E-state index contributed by atoms with van der Waals surface area (Å²) in [5.41, 5.74) is 1.18. The van der Waals surface area contributed by atoms with Gasteiger partial charge in [0.2, 0.25) is 0 Å². The van der Waals surface area contributed by atoms with Crippen molar-refractivity contribution in [1.82, 2.24) is 9.88 Å². The summed E-state index contributed by atoms with van der Waals surface area (Å²) in [6.45, 7) is 7.85. The van der Waals surface area contributed by atoms with Gasteiger partial charge in [0.25, 0.3) is 0 Å². The van der Waals surface area contributed by atoms with Crippen LogP contribution in [0.2, 0.25) is 0 Å². The van der Waals surface area contributed by atoms with Crippen molar-refractivity contribution in [2.45, 2.75) is 45.6 Å². The van der Waals surface area contributed by atoms with Crippen molar-refractivity contribution in [3.05, 3.63) is 22.3 Å². The Balaban J connectivity index is 1.71. The molecule has 2 rings (SSSR count). The highest BCUT2D eigenvalue weighted by atomic mass is 79.9. The number of piperidine rings is 1. The molecule has 1 fully saturated rings. The van der Waals surface area contributed by atoms with Gasteiger partial charge in [-0.1, -0.05) is 6.42 Å². The quantitative estimate of drug-likeness (QED) is 0.834. The molecule has 106 valence electrons. The normalized spacial score (nSPS) is 20.5. The second-order valence-electron chi connectivity index (χ2n) is 5.50. The highest BCUT2D eigenvalue weighted by molar-refractivity contribution is 9.10. The first kappa shape index (κ1) is 14.8. The van der Waals surface area contributed by atoms with Crippen molar-refractivity contribution in [2.24, 2.45) is 0 Å². The Morgan fingerprint density at radius 2 is 2.32 bits per heavy atom. The predicted molar refractivity (Wildman–Crippen MR) is 84.7 cm³/mol. The van der Waals surface area contributed by atoms with Crippen LogP contribution >= 0.6 is 15.9 Å². The molecule has 2 heterocycles. The smallest absolute Gasteiger partial charge is 0.140 e. The lowest BCUT2D eigenvalue weighted by atomic mass is 10.0. The Hall–Kier alpha value is -0.610. The van der Waals surface area contributed by atoms with Crippen LogP contribution in [0, 0.1) is 6.92 Å². The number of aromatic nitrogens is 1. The van der Waals surface area contributed by atoms with Crippen molar-refractivity contribution in [1.29, 1.82) is 0 Å². The fourth-order valence-electron chi connectivity index (χ4n) is 2.64. The third-order valence-corrected chi connectivity index (χ3v) is 4.44. The van der Waals surface area contributed by atoms with Crippen LogP contribution in [0.25, 0.3) is 0 Å². The number of aryl methyl sites for hydroxylation is 1. The van der Waals surface area contributed by atoms with Crippen LogP contribution in [-0.4, -0.2) is 35.6 Å².